The van der Waals surface area contributed by atoms with Crippen molar-refractivity contribution in [3.05, 3.63) is 34.3 Å². The van der Waals surface area contributed by atoms with Crippen molar-refractivity contribution >= 4 is 27.7 Å². The molecule has 21 heavy (non-hydrogen) atoms. The smallest absolute Gasteiger partial charge is 0.252 e. The highest BCUT2D eigenvalue weighted by Gasteiger charge is 2.29. The second-order valence-electron chi connectivity index (χ2n) is 4.47. The van der Waals surface area contributed by atoms with Gasteiger partial charge in [-0.15, -0.1) is 0 Å². The normalized spacial score (nSPS) is 11.0. The number of amides is 2. The molecule has 5 N–H and O–H groups in total. The summed E-state index contributed by atoms with van der Waals surface area (Å²) in [4.78, 5) is 23.6. The highest BCUT2D eigenvalue weighted by atomic mass is 79.9. The SMILES string of the molecule is O=C(CNC(=O)c1ccccc1Br)NC(CO)(CO)CO. The molecule has 7 nitrogen and oxygen atoms in total. The van der Waals surface area contributed by atoms with Gasteiger partial charge in [-0.1, -0.05) is 12.1 Å². The summed E-state index contributed by atoms with van der Waals surface area (Å²) < 4.78 is 0.596. The number of carbonyl (C=O) groups excluding carboxylic acids is 2. The Balaban J connectivity index is 2.57. The van der Waals surface area contributed by atoms with Crippen molar-refractivity contribution in [2.75, 3.05) is 26.4 Å². The van der Waals surface area contributed by atoms with Gasteiger partial charge in [0.05, 0.1) is 31.9 Å². The largest absolute Gasteiger partial charge is 0.394 e. The van der Waals surface area contributed by atoms with Crippen molar-refractivity contribution in [1.29, 1.82) is 0 Å². The molecule has 0 aliphatic carbocycles. The van der Waals surface area contributed by atoms with Gasteiger partial charge in [0.2, 0.25) is 5.91 Å². The number of hydrogen-bond acceptors (Lipinski definition) is 5. The summed E-state index contributed by atoms with van der Waals surface area (Å²) >= 11 is 3.23. The van der Waals surface area contributed by atoms with Gasteiger partial charge < -0.3 is 26.0 Å². The molecule has 0 saturated heterocycles. The molecule has 0 bridgehead atoms. The van der Waals surface area contributed by atoms with Crippen LogP contribution in [0.1, 0.15) is 10.4 Å². The predicted molar refractivity (Wildman–Crippen MR) is 78.6 cm³/mol. The zero-order chi connectivity index (χ0) is 15.9. The molecule has 0 spiro atoms. The lowest BCUT2D eigenvalue weighted by molar-refractivity contribution is -0.124. The lowest BCUT2D eigenvalue weighted by atomic mass is 10.0. The lowest BCUT2D eigenvalue weighted by Gasteiger charge is -2.28. The van der Waals surface area contributed by atoms with Gasteiger partial charge in [0.1, 0.15) is 5.54 Å². The summed E-state index contributed by atoms with van der Waals surface area (Å²) in [6.07, 6.45) is 0. The van der Waals surface area contributed by atoms with Crippen LogP contribution < -0.4 is 10.6 Å². The lowest BCUT2D eigenvalue weighted by Crippen LogP contribution is -2.58. The Bertz CT molecular complexity index is 497. The molecule has 0 fully saturated rings. The highest BCUT2D eigenvalue weighted by molar-refractivity contribution is 9.10. The van der Waals surface area contributed by atoms with E-state index in [1.807, 2.05) is 0 Å². The highest BCUT2D eigenvalue weighted by Crippen LogP contribution is 2.15. The van der Waals surface area contributed by atoms with E-state index in [1.54, 1.807) is 24.3 Å². The van der Waals surface area contributed by atoms with E-state index in [2.05, 4.69) is 26.6 Å². The van der Waals surface area contributed by atoms with Crippen molar-refractivity contribution in [2.45, 2.75) is 5.54 Å². The average Bonchev–Trinajstić information content (AvgIpc) is 2.51. The zero-order valence-corrected chi connectivity index (χ0v) is 12.8. The van der Waals surface area contributed by atoms with E-state index < -0.39 is 37.2 Å². The fourth-order valence-corrected chi connectivity index (χ4v) is 1.97. The monoisotopic (exact) mass is 360 g/mol. The standard InChI is InChI=1S/C13H17BrN2O5/c14-10-4-2-1-3-9(10)12(21)15-5-11(20)16-13(6-17,7-18)8-19/h1-4,17-19H,5-8H2,(H,15,21)(H,16,20). The number of carbonyl (C=O) groups is 2. The van der Waals surface area contributed by atoms with Gasteiger partial charge in [-0.05, 0) is 28.1 Å². The van der Waals surface area contributed by atoms with Crippen LogP contribution in [0.25, 0.3) is 0 Å². The number of aliphatic hydroxyl groups is 3. The Morgan fingerprint density at radius 1 is 1.10 bits per heavy atom. The molecule has 1 aromatic rings. The maximum Gasteiger partial charge on any atom is 0.252 e. The number of hydrogen-bond donors (Lipinski definition) is 5. The van der Waals surface area contributed by atoms with Crippen LogP contribution in [0.5, 0.6) is 0 Å². The van der Waals surface area contributed by atoms with Crippen molar-refractivity contribution in [2.24, 2.45) is 0 Å². The first kappa shape index (κ1) is 17.6. The second-order valence-corrected chi connectivity index (χ2v) is 5.32. The minimum absolute atomic E-state index is 0.345. The van der Waals surface area contributed by atoms with E-state index in [1.165, 1.54) is 0 Å². The Hall–Kier alpha value is -1.48. The van der Waals surface area contributed by atoms with Gasteiger partial charge in [-0.2, -0.15) is 0 Å². The van der Waals surface area contributed by atoms with Crippen LogP contribution in [0, 0.1) is 0 Å². The number of rotatable bonds is 7. The molecule has 1 aromatic carbocycles. The van der Waals surface area contributed by atoms with Crippen molar-refractivity contribution in [3.63, 3.8) is 0 Å². The summed E-state index contributed by atoms with van der Waals surface area (Å²) in [5.74, 6) is -1.08. The number of halogens is 1. The van der Waals surface area contributed by atoms with Crippen LogP contribution in [-0.4, -0.2) is 59.0 Å². The molecular formula is C13H17BrN2O5. The van der Waals surface area contributed by atoms with Gasteiger partial charge in [0, 0.05) is 4.47 Å². The first-order chi connectivity index (χ1) is 9.98. The summed E-state index contributed by atoms with van der Waals surface area (Å²) in [6.45, 7) is -2.21. The third-order valence-corrected chi connectivity index (χ3v) is 3.53. The molecule has 0 heterocycles. The quantitative estimate of drug-likeness (QED) is 0.427. The first-order valence-corrected chi connectivity index (χ1v) is 6.93. The van der Waals surface area contributed by atoms with E-state index in [9.17, 15) is 9.59 Å². The van der Waals surface area contributed by atoms with Crippen molar-refractivity contribution in [1.82, 2.24) is 10.6 Å². The minimum atomic E-state index is -1.50. The predicted octanol–water partition coefficient (Wildman–Crippen LogP) is -0.989. The van der Waals surface area contributed by atoms with Crippen LogP contribution in [0.3, 0.4) is 0 Å². The summed E-state index contributed by atoms with van der Waals surface area (Å²) in [6, 6.07) is 6.74. The van der Waals surface area contributed by atoms with Crippen molar-refractivity contribution in [3.8, 4) is 0 Å². The number of benzene rings is 1. The van der Waals surface area contributed by atoms with E-state index >= 15 is 0 Å². The van der Waals surface area contributed by atoms with E-state index in [4.69, 9.17) is 15.3 Å². The van der Waals surface area contributed by atoms with Gasteiger partial charge in [-0.3, -0.25) is 9.59 Å². The summed E-state index contributed by atoms with van der Waals surface area (Å²) in [7, 11) is 0. The van der Waals surface area contributed by atoms with Crippen LogP contribution >= 0.6 is 15.9 Å². The molecule has 0 radical (unpaired) electrons. The Morgan fingerprint density at radius 2 is 1.67 bits per heavy atom. The van der Waals surface area contributed by atoms with Crippen LogP contribution in [0.2, 0.25) is 0 Å². The minimum Gasteiger partial charge on any atom is -0.394 e. The van der Waals surface area contributed by atoms with E-state index in [0.29, 0.717) is 10.0 Å². The third-order valence-electron chi connectivity index (χ3n) is 2.84. The van der Waals surface area contributed by atoms with Gasteiger partial charge in [0.25, 0.3) is 5.91 Å². The van der Waals surface area contributed by atoms with Crippen LogP contribution in [-0.2, 0) is 4.79 Å². The zero-order valence-electron chi connectivity index (χ0n) is 11.2. The van der Waals surface area contributed by atoms with E-state index in [0.717, 1.165) is 0 Å². The first-order valence-electron chi connectivity index (χ1n) is 6.14. The molecule has 0 saturated carbocycles. The molecule has 0 unspecified atom stereocenters. The molecule has 8 heteroatoms. The van der Waals surface area contributed by atoms with Gasteiger partial charge in [0.15, 0.2) is 0 Å². The molecule has 116 valence electrons. The molecule has 2 amide bonds. The van der Waals surface area contributed by atoms with E-state index in [-0.39, 0.29) is 6.54 Å². The molecule has 0 aliphatic heterocycles. The van der Waals surface area contributed by atoms with Crippen molar-refractivity contribution < 1.29 is 24.9 Å². The Kier molecular flexibility index (Phi) is 6.76. The molecule has 0 aromatic heterocycles. The maximum absolute atomic E-state index is 11.9. The molecular weight excluding hydrogens is 344 g/mol. The molecule has 0 atom stereocenters. The fraction of sp³-hybridized carbons (Fsp3) is 0.385. The average molecular weight is 361 g/mol. The molecule has 1 rings (SSSR count). The Morgan fingerprint density at radius 3 is 2.19 bits per heavy atom. The maximum atomic E-state index is 11.9. The number of aliphatic hydroxyl groups excluding tert-OH is 3. The van der Waals surface area contributed by atoms with Crippen LogP contribution in [0.15, 0.2) is 28.7 Å². The number of nitrogens with one attached hydrogen (secondary N) is 2. The summed E-state index contributed by atoms with van der Waals surface area (Å²) in [5.41, 5.74) is -1.13. The van der Waals surface area contributed by atoms with Gasteiger partial charge >= 0.3 is 0 Å². The second kappa shape index (κ2) is 8.08. The Labute approximate surface area is 130 Å². The molecule has 0 aliphatic rings. The van der Waals surface area contributed by atoms with Gasteiger partial charge in [-0.25, -0.2) is 0 Å². The summed E-state index contributed by atoms with van der Waals surface area (Å²) in [5, 5.41) is 32.0. The van der Waals surface area contributed by atoms with Crippen LogP contribution in [0.4, 0.5) is 0 Å². The fourth-order valence-electron chi connectivity index (χ4n) is 1.51. The topological polar surface area (TPSA) is 119 Å². The third kappa shape index (κ3) is 4.78.